The number of halogens is 3. The van der Waals surface area contributed by atoms with Crippen molar-refractivity contribution in [2.24, 2.45) is 0 Å². The van der Waals surface area contributed by atoms with Gasteiger partial charge in [-0.1, -0.05) is 0 Å². The van der Waals surface area contributed by atoms with Crippen molar-refractivity contribution in [2.75, 3.05) is 6.61 Å². The Hall–Kier alpha value is -3.17. The first-order valence-electron chi connectivity index (χ1n) is 10.4. The molecule has 0 bridgehead atoms. The molecule has 2 aromatic heterocycles. The number of aryl methyl sites for hydroxylation is 1. The number of nitrogens with zero attached hydrogens (tertiary/aromatic N) is 3. The molecule has 1 saturated carbocycles. The van der Waals surface area contributed by atoms with Crippen LogP contribution in [-0.4, -0.2) is 45.5 Å². The molecule has 1 N–H and O–H groups in total. The van der Waals surface area contributed by atoms with Crippen LogP contribution in [0.25, 0.3) is 0 Å². The van der Waals surface area contributed by atoms with Crippen molar-refractivity contribution in [3.05, 3.63) is 52.5 Å². The van der Waals surface area contributed by atoms with Gasteiger partial charge in [0.05, 0.1) is 18.2 Å². The van der Waals surface area contributed by atoms with Crippen LogP contribution < -0.4 is 10.1 Å². The van der Waals surface area contributed by atoms with Crippen LogP contribution in [0.1, 0.15) is 58.5 Å². The minimum Gasteiger partial charge on any atom is -0.468 e. The van der Waals surface area contributed by atoms with Crippen LogP contribution in [0.15, 0.2) is 24.5 Å². The highest BCUT2D eigenvalue weighted by Gasteiger charge is 2.35. The molecule has 1 atom stereocenters. The summed E-state index contributed by atoms with van der Waals surface area (Å²) in [5.74, 6) is -0.391. The number of pyridine rings is 2. The molecule has 3 heterocycles. The van der Waals surface area contributed by atoms with Crippen LogP contribution in [0.5, 0.6) is 5.88 Å². The van der Waals surface area contributed by atoms with E-state index < -0.39 is 12.8 Å². The number of amides is 2. The average molecular weight is 448 g/mol. The highest BCUT2D eigenvalue weighted by atomic mass is 19.4. The van der Waals surface area contributed by atoms with Gasteiger partial charge in [-0.15, -0.1) is 0 Å². The maximum Gasteiger partial charge on any atom is 0.422 e. The lowest BCUT2D eigenvalue weighted by Gasteiger charge is -2.25. The summed E-state index contributed by atoms with van der Waals surface area (Å²) in [5, 5.41) is 2.93. The van der Waals surface area contributed by atoms with Crippen molar-refractivity contribution in [3.8, 4) is 5.88 Å². The predicted octanol–water partition coefficient (Wildman–Crippen LogP) is 3.26. The zero-order valence-corrected chi connectivity index (χ0v) is 17.7. The highest BCUT2D eigenvalue weighted by molar-refractivity contribution is 5.99. The first-order chi connectivity index (χ1) is 15.1. The van der Waals surface area contributed by atoms with Crippen molar-refractivity contribution < 1.29 is 27.5 Å². The summed E-state index contributed by atoms with van der Waals surface area (Å²) in [6, 6.07) is 3.17. The molecule has 32 heavy (non-hydrogen) atoms. The van der Waals surface area contributed by atoms with Crippen molar-refractivity contribution >= 4 is 11.8 Å². The summed E-state index contributed by atoms with van der Waals surface area (Å²) in [7, 11) is 0. The third-order valence-corrected chi connectivity index (χ3v) is 5.61. The summed E-state index contributed by atoms with van der Waals surface area (Å²) < 4.78 is 42.0. The molecular weight excluding hydrogens is 425 g/mol. The molecule has 10 heteroatoms. The molecular formula is C22H23F3N4O3. The van der Waals surface area contributed by atoms with Crippen molar-refractivity contribution in [1.29, 1.82) is 0 Å². The van der Waals surface area contributed by atoms with Crippen LogP contribution in [0.3, 0.4) is 0 Å². The topological polar surface area (TPSA) is 84.4 Å². The van der Waals surface area contributed by atoms with Gasteiger partial charge in [-0.3, -0.25) is 14.6 Å². The van der Waals surface area contributed by atoms with Gasteiger partial charge in [-0.25, -0.2) is 4.98 Å². The summed E-state index contributed by atoms with van der Waals surface area (Å²) in [6.45, 7) is 2.31. The Bertz CT molecular complexity index is 1050. The Labute approximate surface area is 183 Å². The van der Waals surface area contributed by atoms with Crippen molar-refractivity contribution in [3.63, 3.8) is 0 Å². The average Bonchev–Trinajstić information content (AvgIpc) is 3.47. The number of nitrogens with one attached hydrogen (secondary N) is 1. The molecule has 2 aliphatic rings. The van der Waals surface area contributed by atoms with Crippen LogP contribution in [0.4, 0.5) is 13.2 Å². The fourth-order valence-corrected chi connectivity index (χ4v) is 3.73. The molecule has 1 aliphatic carbocycles. The highest BCUT2D eigenvalue weighted by Crippen LogP contribution is 2.33. The van der Waals surface area contributed by atoms with Crippen molar-refractivity contribution in [2.45, 2.75) is 57.9 Å². The number of carbonyl (C=O) groups is 2. The standard InChI is InChI=1S/C22H23F3N4O3/c1-12-7-14(9-27-20(12)32-11-22(23,24)25)13(2)29-10-17-16(21(29)31)5-6-26-18(17)8-19(30)28-15-3-4-15/h5-7,9,13,15H,3-4,8,10-11H2,1-2H3,(H,28,30). The maximum absolute atomic E-state index is 13.0. The van der Waals surface area contributed by atoms with Gasteiger partial charge in [0, 0.05) is 41.7 Å². The minimum absolute atomic E-state index is 0.0949. The first-order valence-corrected chi connectivity index (χ1v) is 10.4. The molecule has 2 aromatic rings. The predicted molar refractivity (Wildman–Crippen MR) is 108 cm³/mol. The normalized spacial score (nSPS) is 16.7. The fourth-order valence-electron chi connectivity index (χ4n) is 3.73. The lowest BCUT2D eigenvalue weighted by Crippen LogP contribution is -2.28. The monoisotopic (exact) mass is 448 g/mol. The maximum atomic E-state index is 13.0. The van der Waals surface area contributed by atoms with Crippen LogP contribution in [0.2, 0.25) is 0 Å². The van der Waals surface area contributed by atoms with Gasteiger partial charge in [-0.2, -0.15) is 13.2 Å². The zero-order valence-electron chi connectivity index (χ0n) is 17.7. The molecule has 0 spiro atoms. The molecule has 1 fully saturated rings. The third kappa shape index (κ3) is 4.84. The van der Waals surface area contributed by atoms with Gasteiger partial charge in [0.2, 0.25) is 11.8 Å². The van der Waals surface area contributed by atoms with E-state index >= 15 is 0 Å². The van der Waals surface area contributed by atoms with Crippen LogP contribution in [-0.2, 0) is 17.8 Å². The van der Waals surface area contributed by atoms with E-state index in [2.05, 4.69) is 15.3 Å². The number of alkyl halides is 3. The molecule has 0 radical (unpaired) electrons. The Kier molecular flexibility index (Phi) is 5.79. The molecule has 7 nitrogen and oxygen atoms in total. The van der Waals surface area contributed by atoms with E-state index in [9.17, 15) is 22.8 Å². The minimum atomic E-state index is -4.45. The first kappa shape index (κ1) is 22.0. The summed E-state index contributed by atoms with van der Waals surface area (Å²) >= 11 is 0. The molecule has 0 saturated heterocycles. The number of hydrogen-bond donors (Lipinski definition) is 1. The number of carbonyl (C=O) groups excluding carboxylic acids is 2. The van der Waals surface area contributed by atoms with E-state index in [0.717, 1.165) is 18.4 Å². The van der Waals surface area contributed by atoms with Crippen molar-refractivity contribution in [1.82, 2.24) is 20.2 Å². The molecule has 2 amide bonds. The third-order valence-electron chi connectivity index (χ3n) is 5.61. The van der Waals surface area contributed by atoms with Gasteiger partial charge >= 0.3 is 6.18 Å². The van der Waals surface area contributed by atoms with E-state index in [4.69, 9.17) is 4.74 Å². The Morgan fingerprint density at radius 3 is 2.75 bits per heavy atom. The van der Waals surface area contributed by atoms with E-state index in [-0.39, 0.29) is 36.2 Å². The van der Waals surface area contributed by atoms with E-state index in [1.165, 1.54) is 12.4 Å². The molecule has 1 unspecified atom stereocenters. The molecule has 1 aliphatic heterocycles. The second-order valence-electron chi connectivity index (χ2n) is 8.21. The lowest BCUT2D eigenvalue weighted by atomic mass is 10.1. The number of hydrogen-bond acceptors (Lipinski definition) is 5. The summed E-state index contributed by atoms with van der Waals surface area (Å²) in [6.07, 6.45) is 0.591. The Morgan fingerprint density at radius 1 is 1.34 bits per heavy atom. The van der Waals surface area contributed by atoms with E-state index in [0.29, 0.717) is 28.9 Å². The van der Waals surface area contributed by atoms with Gasteiger partial charge in [0.25, 0.3) is 5.91 Å². The zero-order chi connectivity index (χ0) is 23.0. The SMILES string of the molecule is Cc1cc(C(C)N2Cc3c(ccnc3CC(=O)NC3CC3)C2=O)cnc1OCC(F)(F)F. The Balaban J connectivity index is 1.49. The van der Waals surface area contributed by atoms with Crippen LogP contribution in [0, 0.1) is 6.92 Å². The molecule has 4 rings (SSSR count). The van der Waals surface area contributed by atoms with Gasteiger partial charge < -0.3 is 15.0 Å². The molecule has 170 valence electrons. The number of aromatic nitrogens is 2. The summed E-state index contributed by atoms with van der Waals surface area (Å²) in [5.41, 5.74) is 2.93. The number of rotatable bonds is 7. The fraction of sp³-hybridized carbons (Fsp3) is 0.455. The summed E-state index contributed by atoms with van der Waals surface area (Å²) in [4.78, 5) is 35.2. The van der Waals surface area contributed by atoms with Gasteiger partial charge in [-0.05, 0) is 44.4 Å². The van der Waals surface area contributed by atoms with Crippen LogP contribution >= 0.6 is 0 Å². The molecule has 0 aromatic carbocycles. The number of ether oxygens (including phenoxy) is 1. The lowest BCUT2D eigenvalue weighted by molar-refractivity contribution is -0.154. The largest absolute Gasteiger partial charge is 0.468 e. The smallest absolute Gasteiger partial charge is 0.422 e. The Morgan fingerprint density at radius 2 is 2.09 bits per heavy atom. The van der Waals surface area contributed by atoms with Gasteiger partial charge in [0.15, 0.2) is 6.61 Å². The number of fused-ring (bicyclic) bond motifs is 1. The quantitative estimate of drug-likeness (QED) is 0.703. The van der Waals surface area contributed by atoms with E-state index in [1.54, 1.807) is 24.0 Å². The second-order valence-corrected chi connectivity index (χ2v) is 8.21. The van der Waals surface area contributed by atoms with E-state index in [1.807, 2.05) is 6.92 Å². The van der Waals surface area contributed by atoms with Gasteiger partial charge in [0.1, 0.15) is 0 Å². The second kappa shape index (κ2) is 8.40.